The highest BCUT2D eigenvalue weighted by Gasteiger charge is 2.50. The van der Waals surface area contributed by atoms with Gasteiger partial charge in [0.25, 0.3) is 0 Å². The fourth-order valence-electron chi connectivity index (χ4n) is 5.57. The molecule has 2 heterocycles. The van der Waals surface area contributed by atoms with Crippen molar-refractivity contribution in [2.24, 2.45) is 5.41 Å². The van der Waals surface area contributed by atoms with Gasteiger partial charge in [0.15, 0.2) is 0 Å². The number of rotatable bonds is 5. The summed E-state index contributed by atoms with van der Waals surface area (Å²) < 4.78 is 15.3. The molecule has 5 rings (SSSR count). The zero-order valence-electron chi connectivity index (χ0n) is 18.8. The van der Waals surface area contributed by atoms with Crippen LogP contribution in [0.1, 0.15) is 55.0 Å². The highest BCUT2D eigenvalue weighted by atomic mass is 19.1. The van der Waals surface area contributed by atoms with E-state index in [4.69, 9.17) is 0 Å². The van der Waals surface area contributed by atoms with Crippen molar-refractivity contribution in [3.05, 3.63) is 83.7 Å². The number of hydrogen-bond acceptors (Lipinski definition) is 3. The van der Waals surface area contributed by atoms with E-state index in [2.05, 4.69) is 32.2 Å². The summed E-state index contributed by atoms with van der Waals surface area (Å²) in [5.41, 5.74) is 2.14. The Bertz CT molecular complexity index is 1080. The van der Waals surface area contributed by atoms with E-state index in [0.29, 0.717) is 13.1 Å². The molecule has 0 bridgehead atoms. The number of nitrogens with zero attached hydrogens (tertiary/aromatic N) is 4. The smallest absolute Gasteiger partial charge is 0.317 e. The van der Waals surface area contributed by atoms with Crippen molar-refractivity contribution in [2.75, 3.05) is 13.1 Å². The molecule has 1 unspecified atom stereocenters. The molecule has 2 fully saturated rings. The molecular weight excluding hydrogens is 417 g/mol. The van der Waals surface area contributed by atoms with E-state index in [1.807, 2.05) is 29.4 Å². The highest BCUT2D eigenvalue weighted by Crippen LogP contribution is 2.51. The van der Waals surface area contributed by atoms with Crippen LogP contribution >= 0.6 is 0 Å². The topological polar surface area (TPSA) is 63.1 Å². The van der Waals surface area contributed by atoms with Crippen LogP contribution in [0.2, 0.25) is 0 Å². The van der Waals surface area contributed by atoms with Crippen LogP contribution in [0.4, 0.5) is 9.18 Å². The monoisotopic (exact) mass is 447 g/mol. The Balaban J connectivity index is 1.34. The molecular formula is C26H30FN5O. The number of amides is 2. The van der Waals surface area contributed by atoms with Crippen molar-refractivity contribution in [1.82, 2.24) is 25.0 Å². The number of carbonyl (C=O) groups excluding carboxylic acids is 1. The molecule has 1 saturated heterocycles. The van der Waals surface area contributed by atoms with Crippen LogP contribution in [0.15, 0.2) is 60.9 Å². The van der Waals surface area contributed by atoms with Gasteiger partial charge in [-0.2, -0.15) is 0 Å². The van der Waals surface area contributed by atoms with Crippen LogP contribution in [0, 0.1) is 11.2 Å². The molecule has 3 aromatic rings. The Morgan fingerprint density at radius 1 is 1.03 bits per heavy atom. The molecule has 1 spiro atoms. The summed E-state index contributed by atoms with van der Waals surface area (Å²) in [5, 5.41) is 11.8. The summed E-state index contributed by atoms with van der Waals surface area (Å²) in [5.74, 6) is 0.876. The first-order chi connectivity index (χ1) is 16.1. The summed E-state index contributed by atoms with van der Waals surface area (Å²) in [4.78, 5) is 15.0. The van der Waals surface area contributed by atoms with Crippen molar-refractivity contribution in [3.63, 3.8) is 0 Å². The Labute approximate surface area is 193 Å². The molecule has 0 radical (unpaired) electrons. The lowest BCUT2D eigenvalue weighted by atomic mass is 9.67. The highest BCUT2D eigenvalue weighted by molar-refractivity contribution is 5.74. The number of likely N-dealkylation sites (tertiary alicyclic amines) is 1. The SMILES string of the molecule is O=C(NCc1ccc(F)cc1)N1CC(c2nncn2Cc2ccccc2)C2(CCCCC2)C1. The van der Waals surface area contributed by atoms with Crippen molar-refractivity contribution in [3.8, 4) is 0 Å². The number of benzene rings is 2. The lowest BCUT2D eigenvalue weighted by Gasteiger charge is -2.37. The normalized spacial score (nSPS) is 19.7. The Kier molecular flexibility index (Phi) is 6.11. The summed E-state index contributed by atoms with van der Waals surface area (Å²) in [6.07, 6.45) is 7.66. The minimum atomic E-state index is -0.272. The van der Waals surface area contributed by atoms with Gasteiger partial charge >= 0.3 is 6.03 Å². The molecule has 2 aromatic carbocycles. The van der Waals surface area contributed by atoms with Gasteiger partial charge < -0.3 is 14.8 Å². The van der Waals surface area contributed by atoms with Gasteiger partial charge in [-0.15, -0.1) is 10.2 Å². The minimum Gasteiger partial charge on any atom is -0.334 e. The summed E-state index contributed by atoms with van der Waals surface area (Å²) in [7, 11) is 0. The lowest BCUT2D eigenvalue weighted by Crippen LogP contribution is -2.40. The van der Waals surface area contributed by atoms with Gasteiger partial charge in [0.1, 0.15) is 18.0 Å². The molecule has 7 heteroatoms. The van der Waals surface area contributed by atoms with E-state index in [1.54, 1.807) is 12.1 Å². The number of aromatic nitrogens is 3. The predicted octanol–water partition coefficient (Wildman–Crippen LogP) is 4.73. The molecule has 1 aliphatic carbocycles. The molecule has 1 N–H and O–H groups in total. The molecule has 33 heavy (non-hydrogen) atoms. The number of hydrogen-bond donors (Lipinski definition) is 1. The summed E-state index contributed by atoms with van der Waals surface area (Å²) in [6.45, 7) is 2.50. The van der Waals surface area contributed by atoms with Gasteiger partial charge in [-0.25, -0.2) is 9.18 Å². The van der Waals surface area contributed by atoms with Crippen LogP contribution in [-0.4, -0.2) is 38.8 Å². The summed E-state index contributed by atoms with van der Waals surface area (Å²) in [6, 6.07) is 16.5. The van der Waals surface area contributed by atoms with Crippen LogP contribution in [0.3, 0.4) is 0 Å². The van der Waals surface area contributed by atoms with E-state index in [1.165, 1.54) is 37.0 Å². The molecule has 172 valence electrons. The predicted molar refractivity (Wildman–Crippen MR) is 124 cm³/mol. The molecule has 6 nitrogen and oxygen atoms in total. The fourth-order valence-corrected chi connectivity index (χ4v) is 5.57. The second-order valence-corrected chi connectivity index (χ2v) is 9.44. The first kappa shape index (κ1) is 21.6. The van der Waals surface area contributed by atoms with Gasteiger partial charge in [0.05, 0.1) is 6.54 Å². The Morgan fingerprint density at radius 3 is 2.55 bits per heavy atom. The molecule has 1 saturated carbocycles. The van der Waals surface area contributed by atoms with Gasteiger partial charge in [0, 0.05) is 25.6 Å². The third kappa shape index (κ3) is 4.63. The zero-order chi connectivity index (χ0) is 22.7. The van der Waals surface area contributed by atoms with Crippen LogP contribution in [0.5, 0.6) is 0 Å². The Hall–Kier alpha value is -3.22. The van der Waals surface area contributed by atoms with Gasteiger partial charge in [-0.3, -0.25) is 0 Å². The van der Waals surface area contributed by atoms with Crippen molar-refractivity contribution in [1.29, 1.82) is 0 Å². The van der Waals surface area contributed by atoms with Gasteiger partial charge in [-0.1, -0.05) is 61.7 Å². The molecule has 2 amide bonds. The molecule has 1 aliphatic heterocycles. The zero-order valence-corrected chi connectivity index (χ0v) is 18.8. The summed E-state index contributed by atoms with van der Waals surface area (Å²) >= 11 is 0. The van der Waals surface area contributed by atoms with Crippen molar-refractivity contribution < 1.29 is 9.18 Å². The van der Waals surface area contributed by atoms with Crippen LogP contribution in [0.25, 0.3) is 0 Å². The molecule has 2 aliphatic rings. The number of carbonyl (C=O) groups is 1. The second-order valence-electron chi connectivity index (χ2n) is 9.44. The van der Waals surface area contributed by atoms with E-state index >= 15 is 0 Å². The average molecular weight is 448 g/mol. The van der Waals surface area contributed by atoms with Gasteiger partial charge in [0.2, 0.25) is 0 Å². The Morgan fingerprint density at radius 2 is 1.79 bits per heavy atom. The fraction of sp³-hybridized carbons (Fsp3) is 0.423. The first-order valence-corrected chi connectivity index (χ1v) is 11.8. The van der Waals surface area contributed by atoms with Crippen LogP contribution < -0.4 is 5.32 Å². The maximum atomic E-state index is 13.2. The quantitative estimate of drug-likeness (QED) is 0.615. The minimum absolute atomic E-state index is 0.0485. The third-order valence-electron chi connectivity index (χ3n) is 7.29. The van der Waals surface area contributed by atoms with Crippen molar-refractivity contribution in [2.45, 2.75) is 51.1 Å². The maximum Gasteiger partial charge on any atom is 0.317 e. The molecule has 1 atom stereocenters. The lowest BCUT2D eigenvalue weighted by molar-refractivity contribution is 0.163. The first-order valence-electron chi connectivity index (χ1n) is 11.8. The third-order valence-corrected chi connectivity index (χ3v) is 7.29. The maximum absolute atomic E-state index is 13.2. The van der Waals surface area contributed by atoms with E-state index in [9.17, 15) is 9.18 Å². The largest absolute Gasteiger partial charge is 0.334 e. The van der Waals surface area contributed by atoms with E-state index < -0.39 is 0 Å². The van der Waals surface area contributed by atoms with Crippen LogP contribution in [-0.2, 0) is 13.1 Å². The van der Waals surface area contributed by atoms with Gasteiger partial charge in [-0.05, 0) is 41.5 Å². The molecule has 1 aromatic heterocycles. The number of urea groups is 1. The van der Waals surface area contributed by atoms with E-state index in [-0.39, 0.29) is 23.2 Å². The number of nitrogens with one attached hydrogen (secondary N) is 1. The van der Waals surface area contributed by atoms with E-state index in [0.717, 1.165) is 37.3 Å². The van der Waals surface area contributed by atoms with Crippen molar-refractivity contribution >= 4 is 6.03 Å². The standard InChI is InChI=1S/C26H30FN5O/c27-22-11-9-20(10-12-22)15-28-25(33)31-17-23(26(18-31)13-5-2-6-14-26)24-30-29-19-32(24)16-21-7-3-1-4-8-21/h1,3-4,7-12,19,23H,2,5-6,13-18H2,(H,28,33). The second kappa shape index (κ2) is 9.33. The average Bonchev–Trinajstić information content (AvgIpc) is 3.44. The number of halogens is 1.